The Labute approximate surface area is 180 Å². The fourth-order valence-corrected chi connectivity index (χ4v) is 4.52. The summed E-state index contributed by atoms with van der Waals surface area (Å²) in [7, 11) is 0. The van der Waals surface area contributed by atoms with Crippen molar-refractivity contribution >= 4 is 16.9 Å². The molecule has 0 saturated carbocycles. The van der Waals surface area contributed by atoms with Gasteiger partial charge in [-0.15, -0.1) is 0 Å². The average Bonchev–Trinajstić information content (AvgIpc) is 2.79. The number of β-amino-alcohol motifs (C(OH)–C–C–N with tert-alkyl or cyclic N) is 1. The van der Waals surface area contributed by atoms with Crippen molar-refractivity contribution in [3.05, 3.63) is 70.6 Å². The highest BCUT2D eigenvalue weighted by Crippen LogP contribution is 2.36. The van der Waals surface area contributed by atoms with Gasteiger partial charge in [0.1, 0.15) is 5.58 Å². The molecule has 0 bridgehead atoms. The van der Waals surface area contributed by atoms with Crippen LogP contribution in [-0.4, -0.2) is 46.8 Å². The van der Waals surface area contributed by atoms with Crippen molar-refractivity contribution in [2.75, 3.05) is 19.7 Å². The van der Waals surface area contributed by atoms with E-state index in [0.717, 1.165) is 18.2 Å². The molecule has 4 rings (SSSR count). The van der Waals surface area contributed by atoms with E-state index in [1.165, 1.54) is 0 Å². The van der Waals surface area contributed by atoms with Crippen molar-refractivity contribution in [2.45, 2.75) is 32.3 Å². The Morgan fingerprint density at radius 1 is 1.19 bits per heavy atom. The summed E-state index contributed by atoms with van der Waals surface area (Å²) in [5, 5.41) is 21.3. The summed E-state index contributed by atoms with van der Waals surface area (Å²) in [6.45, 7) is 2.59. The maximum Gasteiger partial charge on any atom is 0.344 e. The Bertz CT molecular complexity index is 1150. The fraction of sp³-hybridized carbons (Fsp3) is 0.360. The zero-order valence-electron chi connectivity index (χ0n) is 17.6. The number of likely N-dealkylation sites (tertiary alicyclic amines) is 1. The normalized spacial score (nSPS) is 21.4. The first-order valence-corrected chi connectivity index (χ1v) is 10.7. The second-order valence-electron chi connectivity index (χ2n) is 8.35. The van der Waals surface area contributed by atoms with Crippen LogP contribution in [0.4, 0.5) is 0 Å². The first-order valence-electron chi connectivity index (χ1n) is 10.7. The summed E-state index contributed by atoms with van der Waals surface area (Å²) >= 11 is 0. The number of nitrogens with zero attached hydrogens (tertiary/aromatic N) is 1. The van der Waals surface area contributed by atoms with Crippen LogP contribution < -0.4 is 5.63 Å². The number of rotatable bonds is 5. The standard InChI is InChI=1S/C25H27NO5/c1-2-10-25(16-27)11-12-26(15-22(25)28)23(29)19-8-5-7-17(13-19)20-14-18-6-3-4-9-21(18)31-24(20)30/h3-9,13-14,22,27-28H,2,10-12,15-16H2,1H3/t22-,25-/m1/s1. The van der Waals surface area contributed by atoms with E-state index >= 15 is 0 Å². The summed E-state index contributed by atoms with van der Waals surface area (Å²) < 4.78 is 5.43. The lowest BCUT2D eigenvalue weighted by atomic mass is 9.73. The van der Waals surface area contributed by atoms with Gasteiger partial charge in [0.2, 0.25) is 0 Å². The van der Waals surface area contributed by atoms with Crippen molar-refractivity contribution in [3.8, 4) is 11.1 Å². The number of carbonyl (C=O) groups excluding carboxylic acids is 1. The molecule has 0 unspecified atom stereocenters. The van der Waals surface area contributed by atoms with E-state index in [1.807, 2.05) is 25.1 Å². The van der Waals surface area contributed by atoms with E-state index in [0.29, 0.717) is 35.2 Å². The lowest BCUT2D eigenvalue weighted by Gasteiger charge is -2.44. The number of fused-ring (bicyclic) bond motifs is 1. The van der Waals surface area contributed by atoms with Gasteiger partial charge in [0.05, 0.1) is 18.3 Å². The number of carbonyl (C=O) groups is 1. The minimum Gasteiger partial charge on any atom is -0.422 e. The number of hydrogen-bond acceptors (Lipinski definition) is 5. The highest BCUT2D eigenvalue weighted by Gasteiger charge is 2.42. The van der Waals surface area contributed by atoms with Crippen molar-refractivity contribution in [1.29, 1.82) is 0 Å². The molecule has 6 heteroatoms. The lowest BCUT2D eigenvalue weighted by Crippen LogP contribution is -2.54. The Morgan fingerprint density at radius 3 is 2.74 bits per heavy atom. The van der Waals surface area contributed by atoms with Crippen LogP contribution in [0.15, 0.2) is 63.8 Å². The smallest absolute Gasteiger partial charge is 0.344 e. The predicted octanol–water partition coefficient (Wildman–Crippen LogP) is 3.45. The van der Waals surface area contributed by atoms with Gasteiger partial charge in [-0.2, -0.15) is 0 Å². The second kappa shape index (κ2) is 8.65. The van der Waals surface area contributed by atoms with E-state index in [2.05, 4.69) is 0 Å². The molecular formula is C25H27NO5. The molecule has 2 aromatic carbocycles. The van der Waals surface area contributed by atoms with Gasteiger partial charge in [-0.3, -0.25) is 4.79 Å². The number of hydrogen-bond donors (Lipinski definition) is 2. The van der Waals surface area contributed by atoms with Gasteiger partial charge >= 0.3 is 5.63 Å². The van der Waals surface area contributed by atoms with Crippen molar-refractivity contribution in [2.24, 2.45) is 5.41 Å². The van der Waals surface area contributed by atoms with Gasteiger partial charge in [0.15, 0.2) is 0 Å². The molecule has 0 aliphatic carbocycles. The number of aliphatic hydroxyl groups excluding tert-OH is 2. The fourth-order valence-electron chi connectivity index (χ4n) is 4.52. The molecule has 2 N–H and O–H groups in total. The largest absolute Gasteiger partial charge is 0.422 e. The summed E-state index contributed by atoms with van der Waals surface area (Å²) in [6.07, 6.45) is 1.37. The number of piperidine rings is 1. The van der Waals surface area contributed by atoms with E-state index in [-0.39, 0.29) is 19.1 Å². The monoisotopic (exact) mass is 421 g/mol. The molecule has 31 heavy (non-hydrogen) atoms. The zero-order chi connectivity index (χ0) is 22.0. The van der Waals surface area contributed by atoms with Crippen LogP contribution in [0, 0.1) is 5.41 Å². The molecule has 2 atom stereocenters. The second-order valence-corrected chi connectivity index (χ2v) is 8.35. The van der Waals surface area contributed by atoms with Gasteiger partial charge in [0, 0.05) is 29.5 Å². The molecule has 1 aliphatic rings. The maximum absolute atomic E-state index is 13.1. The van der Waals surface area contributed by atoms with E-state index in [1.54, 1.807) is 41.3 Å². The van der Waals surface area contributed by atoms with E-state index < -0.39 is 17.1 Å². The van der Waals surface area contributed by atoms with Gasteiger partial charge in [-0.05, 0) is 42.7 Å². The number of amides is 1. The summed E-state index contributed by atoms with van der Waals surface area (Å²) in [6, 6.07) is 16.0. The van der Waals surface area contributed by atoms with Gasteiger partial charge < -0.3 is 19.5 Å². The minimum atomic E-state index is -0.772. The average molecular weight is 421 g/mol. The molecule has 6 nitrogen and oxygen atoms in total. The maximum atomic E-state index is 13.1. The first-order chi connectivity index (χ1) is 15.0. The molecule has 0 radical (unpaired) electrons. The molecule has 1 fully saturated rings. The Kier molecular flexibility index (Phi) is 5.94. The highest BCUT2D eigenvalue weighted by atomic mass is 16.4. The third-order valence-electron chi connectivity index (χ3n) is 6.39. The third kappa shape index (κ3) is 4.01. The van der Waals surface area contributed by atoms with Crippen molar-refractivity contribution < 1.29 is 19.4 Å². The summed E-state index contributed by atoms with van der Waals surface area (Å²) in [5.74, 6) is -0.200. The van der Waals surface area contributed by atoms with Crippen LogP contribution in [0.1, 0.15) is 36.5 Å². The van der Waals surface area contributed by atoms with E-state index in [4.69, 9.17) is 4.42 Å². The molecule has 3 aromatic rings. The minimum absolute atomic E-state index is 0.0860. The number of benzene rings is 2. The zero-order valence-corrected chi connectivity index (χ0v) is 17.6. The predicted molar refractivity (Wildman–Crippen MR) is 119 cm³/mol. The molecular weight excluding hydrogens is 394 g/mol. The van der Waals surface area contributed by atoms with Crippen molar-refractivity contribution in [1.82, 2.24) is 4.90 Å². The molecule has 1 saturated heterocycles. The Morgan fingerprint density at radius 2 is 2.00 bits per heavy atom. The molecule has 1 aliphatic heterocycles. The van der Waals surface area contributed by atoms with Gasteiger partial charge in [-0.1, -0.05) is 43.7 Å². The molecule has 162 valence electrons. The van der Waals surface area contributed by atoms with Crippen LogP contribution in [0.3, 0.4) is 0 Å². The van der Waals surface area contributed by atoms with E-state index in [9.17, 15) is 19.8 Å². The van der Waals surface area contributed by atoms with Crippen LogP contribution in [0.2, 0.25) is 0 Å². The molecule has 2 heterocycles. The Hall–Kier alpha value is -2.96. The topological polar surface area (TPSA) is 91.0 Å². The molecule has 1 aromatic heterocycles. The Balaban J connectivity index is 1.60. The summed E-state index contributed by atoms with van der Waals surface area (Å²) in [4.78, 5) is 27.3. The highest BCUT2D eigenvalue weighted by molar-refractivity contribution is 5.96. The van der Waals surface area contributed by atoms with Gasteiger partial charge in [0.25, 0.3) is 5.91 Å². The molecule has 0 spiro atoms. The van der Waals surface area contributed by atoms with Gasteiger partial charge in [-0.25, -0.2) is 4.79 Å². The van der Waals surface area contributed by atoms with Crippen LogP contribution in [0.5, 0.6) is 0 Å². The third-order valence-corrected chi connectivity index (χ3v) is 6.39. The number of aliphatic hydroxyl groups is 2. The quantitative estimate of drug-likeness (QED) is 0.616. The van der Waals surface area contributed by atoms with Crippen LogP contribution in [-0.2, 0) is 0 Å². The first kappa shape index (κ1) is 21.3. The molecule has 1 amide bonds. The SMILES string of the molecule is CCC[C@]1(CO)CCN(C(=O)c2cccc(-c3cc4ccccc4oc3=O)c2)C[C@H]1O. The number of para-hydroxylation sites is 1. The van der Waals surface area contributed by atoms with Crippen molar-refractivity contribution in [3.63, 3.8) is 0 Å². The van der Waals surface area contributed by atoms with Crippen LogP contribution in [0.25, 0.3) is 22.1 Å². The lowest BCUT2D eigenvalue weighted by molar-refractivity contribution is -0.0713. The van der Waals surface area contributed by atoms with Crippen LogP contribution >= 0.6 is 0 Å². The summed E-state index contributed by atoms with van der Waals surface area (Å²) in [5.41, 5.74) is 0.976.